The van der Waals surface area contributed by atoms with Crippen LogP contribution in [0, 0.1) is 11.3 Å². The van der Waals surface area contributed by atoms with E-state index in [1.807, 2.05) is 0 Å². The second-order valence-corrected chi connectivity index (χ2v) is 5.78. The van der Waals surface area contributed by atoms with Crippen molar-refractivity contribution in [3.8, 4) is 0 Å². The van der Waals surface area contributed by atoms with Crippen molar-refractivity contribution in [3.63, 3.8) is 0 Å². The van der Waals surface area contributed by atoms with Gasteiger partial charge in [0.15, 0.2) is 0 Å². The van der Waals surface area contributed by atoms with Crippen LogP contribution in [-0.4, -0.2) is 0 Å². The second-order valence-electron chi connectivity index (χ2n) is 5.78. The topological polar surface area (TPSA) is 0 Å². The molecule has 0 nitrogen and oxygen atoms in total. The summed E-state index contributed by atoms with van der Waals surface area (Å²) in [6, 6.07) is 0. The second kappa shape index (κ2) is 6.27. The standard InChI is InChI=1S/C16H30/c1-9-12(3)15(6)13(4)11-16(7,8)14(5)10-2/h10,13H,9,11H2,1-8H3/b14-10+,15-12+. The summed E-state index contributed by atoms with van der Waals surface area (Å²) in [6.45, 7) is 18.3. The van der Waals surface area contributed by atoms with Crippen LogP contribution in [0.1, 0.15) is 68.2 Å². The van der Waals surface area contributed by atoms with Crippen LogP contribution >= 0.6 is 0 Å². The SMILES string of the molecule is C/C=C(\C)C(C)(C)CC(C)/C(C)=C(\C)CC. The quantitative estimate of drug-likeness (QED) is 0.519. The average Bonchev–Trinajstić information content (AvgIpc) is 2.24. The lowest BCUT2D eigenvalue weighted by atomic mass is 9.75. The largest absolute Gasteiger partial charge is 0.0882 e. The van der Waals surface area contributed by atoms with Crippen molar-refractivity contribution >= 4 is 0 Å². The number of hydrogen-bond donors (Lipinski definition) is 0. The maximum atomic E-state index is 2.36. The highest BCUT2D eigenvalue weighted by molar-refractivity contribution is 5.15. The van der Waals surface area contributed by atoms with Crippen LogP contribution in [0.15, 0.2) is 22.8 Å². The van der Waals surface area contributed by atoms with Gasteiger partial charge in [-0.25, -0.2) is 0 Å². The lowest BCUT2D eigenvalue weighted by molar-refractivity contribution is 0.353. The third-order valence-electron chi connectivity index (χ3n) is 4.26. The normalized spacial score (nSPS) is 17.1. The van der Waals surface area contributed by atoms with E-state index in [0.717, 1.165) is 0 Å². The summed E-state index contributed by atoms with van der Waals surface area (Å²) in [5, 5.41) is 0. The molecule has 0 aromatic carbocycles. The van der Waals surface area contributed by atoms with E-state index in [2.05, 4.69) is 61.5 Å². The van der Waals surface area contributed by atoms with E-state index in [1.54, 1.807) is 11.1 Å². The highest BCUT2D eigenvalue weighted by atomic mass is 14.3. The Labute approximate surface area is 103 Å². The molecule has 0 radical (unpaired) electrons. The Bertz CT molecular complexity index is 276. The van der Waals surface area contributed by atoms with E-state index in [-0.39, 0.29) is 0 Å². The van der Waals surface area contributed by atoms with Crippen molar-refractivity contribution in [2.75, 3.05) is 0 Å². The molecule has 0 saturated carbocycles. The smallest absolute Gasteiger partial charge is 0.0142 e. The van der Waals surface area contributed by atoms with Gasteiger partial charge in [0.1, 0.15) is 0 Å². The van der Waals surface area contributed by atoms with E-state index in [9.17, 15) is 0 Å². The van der Waals surface area contributed by atoms with Crippen LogP contribution in [0.2, 0.25) is 0 Å². The Morgan fingerprint density at radius 1 is 1.19 bits per heavy atom. The van der Waals surface area contributed by atoms with Crippen LogP contribution in [0.25, 0.3) is 0 Å². The molecule has 0 N–H and O–H groups in total. The van der Waals surface area contributed by atoms with Gasteiger partial charge >= 0.3 is 0 Å². The summed E-state index contributed by atoms with van der Waals surface area (Å²) in [4.78, 5) is 0. The first-order valence-electron chi connectivity index (χ1n) is 6.55. The number of rotatable bonds is 5. The summed E-state index contributed by atoms with van der Waals surface area (Å²) in [5.41, 5.74) is 4.96. The minimum Gasteiger partial charge on any atom is -0.0882 e. The minimum atomic E-state index is 0.323. The van der Waals surface area contributed by atoms with Crippen molar-refractivity contribution in [1.82, 2.24) is 0 Å². The Morgan fingerprint density at radius 3 is 2.06 bits per heavy atom. The molecule has 0 spiro atoms. The van der Waals surface area contributed by atoms with Crippen LogP contribution in [0.3, 0.4) is 0 Å². The molecule has 1 atom stereocenters. The van der Waals surface area contributed by atoms with Gasteiger partial charge in [-0.1, -0.05) is 50.5 Å². The molecule has 94 valence electrons. The summed E-state index contributed by atoms with van der Waals surface area (Å²) >= 11 is 0. The lowest BCUT2D eigenvalue weighted by Crippen LogP contribution is -2.18. The van der Waals surface area contributed by atoms with Gasteiger partial charge in [0.05, 0.1) is 0 Å². The van der Waals surface area contributed by atoms with Gasteiger partial charge in [-0.15, -0.1) is 0 Å². The first-order valence-corrected chi connectivity index (χ1v) is 6.55. The van der Waals surface area contributed by atoms with Crippen molar-refractivity contribution in [2.45, 2.75) is 68.2 Å². The van der Waals surface area contributed by atoms with E-state index >= 15 is 0 Å². The Balaban J connectivity index is 4.76. The van der Waals surface area contributed by atoms with Crippen molar-refractivity contribution in [3.05, 3.63) is 22.8 Å². The summed E-state index contributed by atoms with van der Waals surface area (Å²) in [7, 11) is 0. The predicted molar refractivity (Wildman–Crippen MR) is 75.7 cm³/mol. The van der Waals surface area contributed by atoms with Gasteiger partial charge in [-0.2, -0.15) is 0 Å². The fraction of sp³-hybridized carbons (Fsp3) is 0.750. The molecule has 0 aromatic heterocycles. The monoisotopic (exact) mass is 222 g/mol. The zero-order valence-corrected chi connectivity index (χ0v) is 12.6. The summed E-state index contributed by atoms with van der Waals surface area (Å²) in [6.07, 6.45) is 4.67. The van der Waals surface area contributed by atoms with Crippen molar-refractivity contribution < 1.29 is 0 Å². The Hall–Kier alpha value is -0.520. The summed E-state index contributed by atoms with van der Waals surface area (Å²) in [5.74, 6) is 0.685. The van der Waals surface area contributed by atoms with Gasteiger partial charge in [-0.3, -0.25) is 0 Å². The highest BCUT2D eigenvalue weighted by Gasteiger charge is 2.23. The lowest BCUT2D eigenvalue weighted by Gasteiger charge is -2.30. The van der Waals surface area contributed by atoms with E-state index in [0.29, 0.717) is 11.3 Å². The Morgan fingerprint density at radius 2 is 1.69 bits per heavy atom. The van der Waals surface area contributed by atoms with Crippen molar-refractivity contribution in [2.24, 2.45) is 11.3 Å². The zero-order valence-electron chi connectivity index (χ0n) is 12.6. The minimum absolute atomic E-state index is 0.323. The molecule has 0 rings (SSSR count). The molecule has 0 heteroatoms. The van der Waals surface area contributed by atoms with Gasteiger partial charge < -0.3 is 0 Å². The fourth-order valence-electron chi connectivity index (χ4n) is 2.17. The van der Waals surface area contributed by atoms with E-state index < -0.39 is 0 Å². The summed E-state index contributed by atoms with van der Waals surface area (Å²) < 4.78 is 0. The molecule has 0 aromatic rings. The molecule has 0 heterocycles. The zero-order chi connectivity index (χ0) is 12.9. The Kier molecular flexibility index (Phi) is 6.07. The van der Waals surface area contributed by atoms with Crippen molar-refractivity contribution in [1.29, 1.82) is 0 Å². The fourth-order valence-corrected chi connectivity index (χ4v) is 2.17. The molecular formula is C16H30. The molecule has 0 saturated heterocycles. The molecule has 0 amide bonds. The van der Waals surface area contributed by atoms with Crippen LogP contribution < -0.4 is 0 Å². The maximum Gasteiger partial charge on any atom is -0.0142 e. The third kappa shape index (κ3) is 4.15. The number of hydrogen-bond acceptors (Lipinski definition) is 0. The van der Waals surface area contributed by atoms with Crippen LogP contribution in [-0.2, 0) is 0 Å². The van der Waals surface area contributed by atoms with E-state index in [4.69, 9.17) is 0 Å². The van der Waals surface area contributed by atoms with E-state index in [1.165, 1.54) is 18.4 Å². The maximum absolute atomic E-state index is 2.36. The molecular weight excluding hydrogens is 192 g/mol. The molecule has 0 aliphatic carbocycles. The number of allylic oxidation sites excluding steroid dienone is 4. The molecule has 0 fully saturated rings. The first-order chi connectivity index (χ1) is 7.26. The van der Waals surface area contributed by atoms with Gasteiger partial charge in [0.2, 0.25) is 0 Å². The molecule has 0 aliphatic rings. The average molecular weight is 222 g/mol. The predicted octanol–water partition coefficient (Wildman–Crippen LogP) is 5.75. The van der Waals surface area contributed by atoms with Gasteiger partial charge in [-0.05, 0) is 51.9 Å². The highest BCUT2D eigenvalue weighted by Crippen LogP contribution is 2.36. The van der Waals surface area contributed by atoms with Crippen LogP contribution in [0.4, 0.5) is 0 Å². The molecule has 0 bridgehead atoms. The molecule has 0 aliphatic heterocycles. The third-order valence-corrected chi connectivity index (χ3v) is 4.26. The van der Waals surface area contributed by atoms with Gasteiger partial charge in [0, 0.05) is 0 Å². The first kappa shape index (κ1) is 15.5. The molecule has 16 heavy (non-hydrogen) atoms. The molecule has 1 unspecified atom stereocenters. The van der Waals surface area contributed by atoms with Crippen LogP contribution in [0.5, 0.6) is 0 Å². The van der Waals surface area contributed by atoms with Gasteiger partial charge in [0.25, 0.3) is 0 Å².